The summed E-state index contributed by atoms with van der Waals surface area (Å²) in [5.41, 5.74) is 0. The summed E-state index contributed by atoms with van der Waals surface area (Å²) < 4.78 is 4.93. The SMILES string of the molecule is CCOC(=O)N(C)CC1CNCCN1C. The second-order valence-corrected chi connectivity index (χ2v) is 3.92. The molecule has 0 saturated carbocycles. The lowest BCUT2D eigenvalue weighted by Crippen LogP contribution is -2.54. The van der Waals surface area contributed by atoms with Gasteiger partial charge in [0.25, 0.3) is 0 Å². The van der Waals surface area contributed by atoms with Gasteiger partial charge < -0.3 is 15.0 Å². The predicted octanol–water partition coefficient (Wildman–Crippen LogP) is -0.0217. The molecule has 1 rings (SSSR count). The number of hydrogen-bond donors (Lipinski definition) is 1. The van der Waals surface area contributed by atoms with Crippen LogP contribution >= 0.6 is 0 Å². The number of piperazine rings is 1. The van der Waals surface area contributed by atoms with Crippen LogP contribution in [-0.2, 0) is 4.74 Å². The number of carbonyl (C=O) groups is 1. The first kappa shape index (κ1) is 12.3. The Morgan fingerprint density at radius 1 is 1.67 bits per heavy atom. The largest absolute Gasteiger partial charge is 0.450 e. The van der Waals surface area contributed by atoms with Gasteiger partial charge in [0.1, 0.15) is 0 Å². The van der Waals surface area contributed by atoms with Gasteiger partial charge in [-0.25, -0.2) is 4.79 Å². The van der Waals surface area contributed by atoms with Crippen LogP contribution in [-0.4, -0.2) is 68.8 Å². The smallest absolute Gasteiger partial charge is 0.409 e. The summed E-state index contributed by atoms with van der Waals surface area (Å²) in [6.07, 6.45) is -0.239. The van der Waals surface area contributed by atoms with Crippen LogP contribution in [0.5, 0.6) is 0 Å². The van der Waals surface area contributed by atoms with E-state index in [1.165, 1.54) is 0 Å². The van der Waals surface area contributed by atoms with Crippen molar-refractivity contribution in [1.82, 2.24) is 15.1 Å². The molecule has 0 aromatic carbocycles. The first-order valence-electron chi connectivity index (χ1n) is 5.44. The standard InChI is InChI=1S/C10H21N3O2/c1-4-15-10(14)13(3)8-9-7-11-5-6-12(9)2/h9,11H,4-8H2,1-3H3. The van der Waals surface area contributed by atoms with E-state index in [9.17, 15) is 4.79 Å². The molecule has 0 aromatic heterocycles. The second-order valence-electron chi connectivity index (χ2n) is 3.92. The third kappa shape index (κ3) is 3.68. The molecule has 5 heteroatoms. The van der Waals surface area contributed by atoms with Crippen LogP contribution in [0.15, 0.2) is 0 Å². The molecule has 1 amide bonds. The van der Waals surface area contributed by atoms with Crippen molar-refractivity contribution in [3.63, 3.8) is 0 Å². The van der Waals surface area contributed by atoms with Crippen LogP contribution < -0.4 is 5.32 Å². The lowest BCUT2D eigenvalue weighted by molar-refractivity contribution is 0.0973. The maximum Gasteiger partial charge on any atom is 0.409 e. The van der Waals surface area contributed by atoms with Gasteiger partial charge in [0.2, 0.25) is 0 Å². The maximum absolute atomic E-state index is 11.4. The number of nitrogens with one attached hydrogen (secondary N) is 1. The fraction of sp³-hybridized carbons (Fsp3) is 0.900. The molecule has 1 fully saturated rings. The van der Waals surface area contributed by atoms with Gasteiger partial charge in [-0.05, 0) is 14.0 Å². The Morgan fingerprint density at radius 3 is 3.00 bits per heavy atom. The third-order valence-electron chi connectivity index (χ3n) is 2.71. The predicted molar refractivity (Wildman–Crippen MR) is 58.9 cm³/mol. The average Bonchev–Trinajstić information content (AvgIpc) is 2.21. The fourth-order valence-electron chi connectivity index (χ4n) is 1.69. The second kappa shape index (κ2) is 5.92. The number of amides is 1. The summed E-state index contributed by atoms with van der Waals surface area (Å²) in [5, 5.41) is 3.32. The normalized spacial score (nSPS) is 22.5. The molecule has 15 heavy (non-hydrogen) atoms. The Bertz CT molecular complexity index is 211. The highest BCUT2D eigenvalue weighted by atomic mass is 16.5. The van der Waals surface area contributed by atoms with Gasteiger partial charge >= 0.3 is 6.09 Å². The van der Waals surface area contributed by atoms with Crippen LogP contribution in [0.4, 0.5) is 4.79 Å². The Balaban J connectivity index is 2.35. The summed E-state index contributed by atoms with van der Waals surface area (Å²) in [6.45, 7) is 5.95. The molecule has 1 saturated heterocycles. The van der Waals surface area contributed by atoms with Crippen LogP contribution in [0.3, 0.4) is 0 Å². The quantitative estimate of drug-likeness (QED) is 0.718. The third-order valence-corrected chi connectivity index (χ3v) is 2.71. The van der Waals surface area contributed by atoms with Crippen molar-refractivity contribution in [1.29, 1.82) is 0 Å². The molecule has 1 heterocycles. The van der Waals surface area contributed by atoms with Crippen LogP contribution in [0.2, 0.25) is 0 Å². The zero-order chi connectivity index (χ0) is 11.3. The van der Waals surface area contributed by atoms with E-state index in [1.54, 1.807) is 11.9 Å². The minimum absolute atomic E-state index is 0.239. The molecule has 0 aromatic rings. The highest BCUT2D eigenvalue weighted by Gasteiger charge is 2.22. The molecular weight excluding hydrogens is 194 g/mol. The van der Waals surface area contributed by atoms with E-state index in [2.05, 4.69) is 17.3 Å². The molecule has 0 spiro atoms. The van der Waals surface area contributed by atoms with Gasteiger partial charge in [-0.3, -0.25) is 4.90 Å². The van der Waals surface area contributed by atoms with Crippen molar-refractivity contribution < 1.29 is 9.53 Å². The molecule has 1 aliphatic heterocycles. The number of rotatable bonds is 3. The van der Waals surface area contributed by atoms with Crippen LogP contribution in [0, 0.1) is 0 Å². The van der Waals surface area contributed by atoms with Crippen molar-refractivity contribution in [3.05, 3.63) is 0 Å². The van der Waals surface area contributed by atoms with Gasteiger partial charge in [-0.2, -0.15) is 0 Å². The molecule has 1 aliphatic rings. The van der Waals surface area contributed by atoms with Crippen molar-refractivity contribution in [2.75, 3.05) is 46.9 Å². The average molecular weight is 215 g/mol. The molecule has 0 bridgehead atoms. The van der Waals surface area contributed by atoms with E-state index in [4.69, 9.17) is 4.74 Å². The first-order chi connectivity index (χ1) is 7.15. The summed E-state index contributed by atoms with van der Waals surface area (Å²) >= 11 is 0. The van der Waals surface area contributed by atoms with Gasteiger partial charge in [-0.15, -0.1) is 0 Å². The number of likely N-dealkylation sites (N-methyl/N-ethyl adjacent to an activating group) is 2. The summed E-state index contributed by atoms with van der Waals surface area (Å²) in [6, 6.07) is 0.383. The molecule has 1 N–H and O–H groups in total. The van der Waals surface area contributed by atoms with Crippen LogP contribution in [0.1, 0.15) is 6.92 Å². The molecule has 88 valence electrons. The highest BCUT2D eigenvalue weighted by molar-refractivity contribution is 5.67. The molecular formula is C10H21N3O2. The maximum atomic E-state index is 11.4. The lowest BCUT2D eigenvalue weighted by atomic mass is 10.2. The van der Waals surface area contributed by atoms with E-state index < -0.39 is 0 Å². The summed E-state index contributed by atoms with van der Waals surface area (Å²) in [5.74, 6) is 0. The van der Waals surface area contributed by atoms with Crippen LogP contribution in [0.25, 0.3) is 0 Å². The van der Waals surface area contributed by atoms with Gasteiger partial charge in [0.15, 0.2) is 0 Å². The van der Waals surface area contributed by atoms with E-state index in [0.29, 0.717) is 19.2 Å². The molecule has 1 unspecified atom stereocenters. The van der Waals surface area contributed by atoms with Crippen molar-refractivity contribution in [2.45, 2.75) is 13.0 Å². The van der Waals surface area contributed by atoms with E-state index in [1.807, 2.05) is 6.92 Å². The van der Waals surface area contributed by atoms with E-state index in [0.717, 1.165) is 19.6 Å². The molecule has 5 nitrogen and oxygen atoms in total. The first-order valence-corrected chi connectivity index (χ1v) is 5.44. The Hall–Kier alpha value is -0.810. The number of carbonyl (C=O) groups excluding carboxylic acids is 1. The van der Waals surface area contributed by atoms with E-state index in [-0.39, 0.29) is 6.09 Å². The highest BCUT2D eigenvalue weighted by Crippen LogP contribution is 2.02. The zero-order valence-electron chi connectivity index (χ0n) is 9.82. The minimum atomic E-state index is -0.239. The Labute approximate surface area is 91.4 Å². The van der Waals surface area contributed by atoms with Crippen molar-refractivity contribution in [3.8, 4) is 0 Å². The molecule has 0 radical (unpaired) electrons. The zero-order valence-corrected chi connectivity index (χ0v) is 9.82. The molecule has 0 aliphatic carbocycles. The summed E-state index contributed by atoms with van der Waals surface area (Å²) in [7, 11) is 3.87. The van der Waals surface area contributed by atoms with Gasteiger partial charge in [0.05, 0.1) is 6.61 Å². The number of hydrogen-bond acceptors (Lipinski definition) is 4. The van der Waals surface area contributed by atoms with Crippen molar-refractivity contribution >= 4 is 6.09 Å². The van der Waals surface area contributed by atoms with Gasteiger partial charge in [-0.1, -0.05) is 0 Å². The molecule has 1 atom stereocenters. The van der Waals surface area contributed by atoms with Gasteiger partial charge in [0, 0.05) is 39.3 Å². The topological polar surface area (TPSA) is 44.8 Å². The monoisotopic (exact) mass is 215 g/mol. The van der Waals surface area contributed by atoms with Crippen molar-refractivity contribution in [2.24, 2.45) is 0 Å². The fourth-order valence-corrected chi connectivity index (χ4v) is 1.69. The minimum Gasteiger partial charge on any atom is -0.450 e. The number of nitrogens with zero attached hydrogens (tertiary/aromatic N) is 2. The Morgan fingerprint density at radius 2 is 2.40 bits per heavy atom. The number of ether oxygens (including phenoxy) is 1. The van der Waals surface area contributed by atoms with E-state index >= 15 is 0 Å². The lowest BCUT2D eigenvalue weighted by Gasteiger charge is -2.35. The summed E-state index contributed by atoms with van der Waals surface area (Å²) in [4.78, 5) is 15.3. The Kier molecular flexibility index (Phi) is 4.84.